The van der Waals surface area contributed by atoms with E-state index in [-0.39, 0.29) is 11.9 Å². The molecule has 0 saturated carbocycles. The quantitative estimate of drug-likeness (QED) is 0.771. The monoisotopic (exact) mass is 360 g/mol. The Labute approximate surface area is 151 Å². The normalized spacial score (nSPS) is 21.2. The zero-order valence-corrected chi connectivity index (χ0v) is 14.7. The molecule has 1 amide bonds. The first-order chi connectivity index (χ1) is 11.6. The topological polar surface area (TPSA) is 23.6 Å². The highest BCUT2D eigenvalue weighted by molar-refractivity contribution is 6.35. The Morgan fingerprint density at radius 3 is 2.50 bits per heavy atom. The highest BCUT2D eigenvalue weighted by atomic mass is 35.5. The minimum Gasteiger partial charge on any atom is -0.268 e. The second-order valence-electron chi connectivity index (χ2n) is 6.35. The van der Waals surface area contributed by atoms with E-state index in [1.165, 1.54) is 0 Å². The van der Waals surface area contributed by atoms with Gasteiger partial charge in [-0.1, -0.05) is 47.5 Å². The highest BCUT2D eigenvalue weighted by Gasteiger charge is 2.38. The number of carbonyl (C=O) groups is 1. The van der Waals surface area contributed by atoms with Gasteiger partial charge in [-0.05, 0) is 48.6 Å². The molecule has 2 aliphatic heterocycles. The first kappa shape index (κ1) is 15.9. The van der Waals surface area contributed by atoms with Gasteiger partial charge < -0.3 is 0 Å². The van der Waals surface area contributed by atoms with E-state index < -0.39 is 0 Å². The molecule has 2 heterocycles. The second-order valence-corrected chi connectivity index (χ2v) is 7.20. The summed E-state index contributed by atoms with van der Waals surface area (Å²) in [7, 11) is 0. The third-order valence-corrected chi connectivity index (χ3v) is 5.44. The van der Waals surface area contributed by atoms with E-state index in [0.717, 1.165) is 49.0 Å². The number of hydrogen-bond donors (Lipinski definition) is 0. The fourth-order valence-electron chi connectivity index (χ4n) is 3.72. The lowest BCUT2D eigenvalue weighted by atomic mass is 9.90. The van der Waals surface area contributed by atoms with Crippen LogP contribution in [0.4, 0.5) is 0 Å². The first-order valence-corrected chi connectivity index (χ1v) is 9.02. The van der Waals surface area contributed by atoms with E-state index >= 15 is 0 Å². The number of nitrogens with zero attached hydrogens (tertiary/aromatic N) is 2. The van der Waals surface area contributed by atoms with Crippen LogP contribution in [0.3, 0.4) is 0 Å². The zero-order chi connectivity index (χ0) is 16.7. The number of amides is 1. The van der Waals surface area contributed by atoms with Crippen molar-refractivity contribution < 1.29 is 4.79 Å². The Hall–Kier alpha value is -1.55. The van der Waals surface area contributed by atoms with Gasteiger partial charge in [0.2, 0.25) is 0 Å². The van der Waals surface area contributed by atoms with Crippen molar-refractivity contribution in [3.05, 3.63) is 69.2 Å². The minimum absolute atomic E-state index is 0.0646. The summed E-state index contributed by atoms with van der Waals surface area (Å²) in [6.45, 7) is 1.82. The van der Waals surface area contributed by atoms with Crippen LogP contribution < -0.4 is 0 Å². The number of hydrazine groups is 1. The van der Waals surface area contributed by atoms with Crippen molar-refractivity contribution in [1.29, 1.82) is 0 Å². The van der Waals surface area contributed by atoms with Crippen LogP contribution in [-0.4, -0.2) is 29.0 Å². The summed E-state index contributed by atoms with van der Waals surface area (Å²) >= 11 is 12.5. The number of fused-ring (bicyclic) bond motifs is 1. The number of hydrogen-bond acceptors (Lipinski definition) is 2. The van der Waals surface area contributed by atoms with E-state index in [9.17, 15) is 4.79 Å². The molecular formula is C19H18Cl2N2O. The predicted molar refractivity (Wildman–Crippen MR) is 96.3 cm³/mol. The molecule has 1 atom stereocenters. The summed E-state index contributed by atoms with van der Waals surface area (Å²) in [4.78, 5) is 13.2. The molecule has 0 radical (unpaired) electrons. The van der Waals surface area contributed by atoms with Crippen molar-refractivity contribution >= 4 is 29.1 Å². The van der Waals surface area contributed by atoms with Gasteiger partial charge in [0.15, 0.2) is 0 Å². The smallest absolute Gasteiger partial charge is 0.268 e. The van der Waals surface area contributed by atoms with Crippen LogP contribution in [0.25, 0.3) is 0 Å². The van der Waals surface area contributed by atoms with Crippen molar-refractivity contribution in [3.8, 4) is 0 Å². The lowest BCUT2D eigenvalue weighted by Crippen LogP contribution is -2.50. The van der Waals surface area contributed by atoms with Crippen LogP contribution in [0.2, 0.25) is 10.0 Å². The van der Waals surface area contributed by atoms with Gasteiger partial charge in [-0.25, -0.2) is 5.01 Å². The molecule has 4 rings (SSSR count). The maximum Gasteiger partial charge on any atom is 0.269 e. The summed E-state index contributed by atoms with van der Waals surface area (Å²) in [6.07, 6.45) is 3.00. The van der Waals surface area contributed by atoms with Crippen LogP contribution in [-0.2, 0) is 6.42 Å². The van der Waals surface area contributed by atoms with Gasteiger partial charge in [-0.2, -0.15) is 0 Å². The van der Waals surface area contributed by atoms with Gasteiger partial charge in [0.05, 0.1) is 6.04 Å². The maximum absolute atomic E-state index is 13.2. The maximum atomic E-state index is 13.2. The van der Waals surface area contributed by atoms with Crippen molar-refractivity contribution in [2.24, 2.45) is 0 Å². The van der Waals surface area contributed by atoms with Crippen LogP contribution in [0.1, 0.15) is 40.4 Å². The predicted octanol–water partition coefficient (Wildman–Crippen LogP) is 4.74. The highest BCUT2D eigenvalue weighted by Crippen LogP contribution is 2.38. The van der Waals surface area contributed by atoms with E-state index in [1.807, 2.05) is 41.4 Å². The Morgan fingerprint density at radius 1 is 1.00 bits per heavy atom. The molecule has 1 unspecified atom stereocenters. The first-order valence-electron chi connectivity index (χ1n) is 8.26. The van der Waals surface area contributed by atoms with E-state index in [0.29, 0.717) is 10.0 Å². The average Bonchev–Trinajstić information content (AvgIpc) is 3.09. The third kappa shape index (κ3) is 2.71. The van der Waals surface area contributed by atoms with Gasteiger partial charge in [0, 0.05) is 28.7 Å². The van der Waals surface area contributed by atoms with E-state index in [4.69, 9.17) is 23.2 Å². The molecule has 0 aromatic heterocycles. The lowest BCUT2D eigenvalue weighted by molar-refractivity contribution is -0.0270. The van der Waals surface area contributed by atoms with Gasteiger partial charge in [0.1, 0.15) is 0 Å². The van der Waals surface area contributed by atoms with Crippen molar-refractivity contribution in [3.63, 3.8) is 0 Å². The molecule has 124 valence electrons. The number of rotatable bonds is 2. The summed E-state index contributed by atoms with van der Waals surface area (Å²) in [5.41, 5.74) is 2.83. The Balaban J connectivity index is 1.81. The Kier molecular flexibility index (Phi) is 4.25. The summed E-state index contributed by atoms with van der Waals surface area (Å²) in [5.74, 6) is 0.0646. The largest absolute Gasteiger partial charge is 0.269 e. The molecular weight excluding hydrogens is 343 g/mol. The zero-order valence-electron chi connectivity index (χ0n) is 13.2. The van der Waals surface area contributed by atoms with Crippen LogP contribution in [0, 0.1) is 0 Å². The standard InChI is InChI=1S/C19H18Cl2N2O/c20-14-7-8-16(17(21)12-14)18-11-13-5-1-2-6-15(13)19(24)23(18)22-9-3-4-10-22/h1-2,5-8,12,18H,3-4,9-11H2. The minimum atomic E-state index is -0.0877. The molecule has 0 aliphatic carbocycles. The van der Waals surface area contributed by atoms with Crippen LogP contribution >= 0.6 is 23.2 Å². The Bertz CT molecular complexity index is 787. The van der Waals surface area contributed by atoms with Crippen molar-refractivity contribution in [2.75, 3.05) is 13.1 Å². The molecule has 0 bridgehead atoms. The van der Waals surface area contributed by atoms with Crippen LogP contribution in [0.5, 0.6) is 0 Å². The molecule has 24 heavy (non-hydrogen) atoms. The number of halogens is 2. The molecule has 3 nitrogen and oxygen atoms in total. The summed E-state index contributed by atoms with van der Waals surface area (Å²) in [6, 6.07) is 13.3. The Morgan fingerprint density at radius 2 is 1.75 bits per heavy atom. The molecule has 2 aliphatic rings. The van der Waals surface area contributed by atoms with Gasteiger partial charge >= 0.3 is 0 Å². The van der Waals surface area contributed by atoms with Crippen molar-refractivity contribution in [2.45, 2.75) is 25.3 Å². The SMILES string of the molecule is O=C1c2ccccc2CC(c2ccc(Cl)cc2Cl)N1N1CCCC1. The van der Waals surface area contributed by atoms with Gasteiger partial charge in [-0.3, -0.25) is 9.80 Å². The molecule has 1 fully saturated rings. The van der Waals surface area contributed by atoms with E-state index in [2.05, 4.69) is 5.01 Å². The van der Waals surface area contributed by atoms with Crippen LogP contribution in [0.15, 0.2) is 42.5 Å². The fourth-order valence-corrected chi connectivity index (χ4v) is 4.26. The summed E-state index contributed by atoms with van der Waals surface area (Å²) < 4.78 is 0. The summed E-state index contributed by atoms with van der Waals surface area (Å²) in [5, 5.41) is 5.32. The molecule has 2 aromatic rings. The molecule has 0 N–H and O–H groups in total. The van der Waals surface area contributed by atoms with Gasteiger partial charge in [-0.15, -0.1) is 0 Å². The molecule has 5 heteroatoms. The number of benzene rings is 2. The number of carbonyl (C=O) groups excluding carboxylic acids is 1. The van der Waals surface area contributed by atoms with Gasteiger partial charge in [0.25, 0.3) is 5.91 Å². The second kappa shape index (κ2) is 6.40. The van der Waals surface area contributed by atoms with E-state index in [1.54, 1.807) is 6.07 Å². The molecule has 2 aromatic carbocycles. The molecule has 0 spiro atoms. The fraction of sp³-hybridized carbons (Fsp3) is 0.316. The third-order valence-electron chi connectivity index (χ3n) is 4.87. The average molecular weight is 361 g/mol. The lowest BCUT2D eigenvalue weighted by Gasteiger charge is -2.42. The molecule has 1 saturated heterocycles. The van der Waals surface area contributed by atoms with Crippen molar-refractivity contribution in [1.82, 2.24) is 10.0 Å².